The van der Waals surface area contributed by atoms with Gasteiger partial charge in [-0.3, -0.25) is 4.79 Å². The average molecular weight is 279 g/mol. The van der Waals surface area contributed by atoms with Gasteiger partial charge in [0.2, 0.25) is 0 Å². The number of amides is 1. The highest BCUT2D eigenvalue weighted by molar-refractivity contribution is 7.14. The molecule has 0 saturated carbocycles. The predicted octanol–water partition coefficient (Wildman–Crippen LogP) is 1.34. The third-order valence-corrected chi connectivity index (χ3v) is 4.25. The molecule has 1 N–H and O–H groups in total. The van der Waals surface area contributed by atoms with Crippen LogP contribution >= 0.6 is 11.3 Å². The van der Waals surface area contributed by atoms with E-state index in [1.165, 1.54) is 11.3 Å². The van der Waals surface area contributed by atoms with Crippen molar-refractivity contribution in [1.82, 2.24) is 4.90 Å². The highest BCUT2D eigenvalue weighted by atomic mass is 32.1. The molecule has 1 aromatic rings. The van der Waals surface area contributed by atoms with E-state index in [0.717, 1.165) is 11.3 Å². The van der Waals surface area contributed by atoms with Gasteiger partial charge in [0, 0.05) is 13.7 Å². The highest BCUT2D eigenvalue weighted by Gasteiger charge is 2.31. The largest absolute Gasteiger partial charge is 0.384 e. The molecular formula is C14H17NO3S. The molecule has 0 radical (unpaired) electrons. The molecule has 0 bridgehead atoms. The quantitative estimate of drug-likeness (QED) is 0.831. The van der Waals surface area contributed by atoms with Crippen molar-refractivity contribution in [1.29, 1.82) is 0 Å². The van der Waals surface area contributed by atoms with Gasteiger partial charge in [-0.1, -0.05) is 11.8 Å². The number of hydrogen-bond acceptors (Lipinski definition) is 4. The summed E-state index contributed by atoms with van der Waals surface area (Å²) in [5, 5.41) is 8.65. The maximum absolute atomic E-state index is 12.3. The van der Waals surface area contributed by atoms with Gasteiger partial charge in [-0.15, -0.1) is 11.3 Å². The third-order valence-electron chi connectivity index (χ3n) is 3.26. The second-order valence-corrected chi connectivity index (χ2v) is 5.56. The summed E-state index contributed by atoms with van der Waals surface area (Å²) >= 11 is 1.35. The smallest absolute Gasteiger partial charge is 0.264 e. The van der Waals surface area contributed by atoms with Crippen LogP contribution in [0.2, 0.25) is 0 Å². The molecule has 19 heavy (non-hydrogen) atoms. The summed E-state index contributed by atoms with van der Waals surface area (Å²) in [5.74, 6) is 5.39. The lowest BCUT2D eigenvalue weighted by Crippen LogP contribution is -2.40. The Balaban J connectivity index is 2.08. The Labute approximate surface area is 117 Å². The SMILES string of the molecule is CC1OCCC1N(C)C(=O)c1ccc(C#CCO)s1. The fourth-order valence-electron chi connectivity index (χ4n) is 2.20. The van der Waals surface area contributed by atoms with Crippen LogP contribution in [-0.4, -0.2) is 48.3 Å². The van der Waals surface area contributed by atoms with Gasteiger partial charge < -0.3 is 14.7 Å². The van der Waals surface area contributed by atoms with E-state index in [9.17, 15) is 4.79 Å². The minimum absolute atomic E-state index is 0.00407. The molecule has 1 fully saturated rings. The van der Waals surface area contributed by atoms with Gasteiger partial charge in [-0.2, -0.15) is 0 Å². The first kappa shape index (κ1) is 14.1. The summed E-state index contributed by atoms with van der Waals surface area (Å²) in [6, 6.07) is 3.73. The van der Waals surface area contributed by atoms with Crippen LogP contribution in [-0.2, 0) is 4.74 Å². The Morgan fingerprint density at radius 3 is 3.05 bits per heavy atom. The molecule has 0 aromatic carbocycles. The maximum Gasteiger partial charge on any atom is 0.264 e. The van der Waals surface area contributed by atoms with Crippen molar-refractivity contribution in [3.8, 4) is 11.8 Å². The Morgan fingerprint density at radius 1 is 1.63 bits per heavy atom. The lowest BCUT2D eigenvalue weighted by Gasteiger charge is -2.26. The lowest BCUT2D eigenvalue weighted by atomic mass is 10.1. The standard InChI is InChI=1S/C14H17NO3S/c1-10-12(7-9-18-10)15(2)14(17)13-6-5-11(19-13)4-3-8-16/h5-6,10,12,16H,7-9H2,1-2H3. The fourth-order valence-corrected chi connectivity index (χ4v) is 3.06. The van der Waals surface area contributed by atoms with Crippen LogP contribution in [0, 0.1) is 11.8 Å². The zero-order chi connectivity index (χ0) is 13.8. The minimum Gasteiger partial charge on any atom is -0.384 e. The topological polar surface area (TPSA) is 49.8 Å². The molecule has 5 heteroatoms. The number of rotatable bonds is 2. The Hall–Kier alpha value is -1.35. The summed E-state index contributed by atoms with van der Waals surface area (Å²) in [6.45, 7) is 2.53. The highest BCUT2D eigenvalue weighted by Crippen LogP contribution is 2.23. The number of ether oxygens (including phenoxy) is 1. The van der Waals surface area contributed by atoms with Gasteiger partial charge in [0.1, 0.15) is 6.61 Å². The zero-order valence-corrected chi connectivity index (χ0v) is 11.9. The van der Waals surface area contributed by atoms with Gasteiger partial charge in [0.05, 0.1) is 21.9 Å². The molecule has 4 nitrogen and oxygen atoms in total. The Bertz CT molecular complexity index is 514. The molecule has 1 saturated heterocycles. The Morgan fingerprint density at radius 2 is 2.42 bits per heavy atom. The van der Waals surface area contributed by atoms with Crippen LogP contribution in [0.3, 0.4) is 0 Å². The van der Waals surface area contributed by atoms with Gasteiger partial charge in [-0.05, 0) is 25.5 Å². The number of aliphatic hydroxyl groups excluding tert-OH is 1. The van der Waals surface area contributed by atoms with Crippen LogP contribution < -0.4 is 0 Å². The van der Waals surface area contributed by atoms with Crippen molar-refractivity contribution in [2.24, 2.45) is 0 Å². The van der Waals surface area contributed by atoms with Crippen LogP contribution in [0.25, 0.3) is 0 Å². The van der Waals surface area contributed by atoms with Gasteiger partial charge in [-0.25, -0.2) is 0 Å². The van der Waals surface area contributed by atoms with Crippen molar-refractivity contribution in [2.45, 2.75) is 25.5 Å². The monoisotopic (exact) mass is 279 g/mol. The molecule has 2 heterocycles. The van der Waals surface area contributed by atoms with Crippen molar-refractivity contribution in [3.05, 3.63) is 21.9 Å². The third kappa shape index (κ3) is 3.16. The van der Waals surface area contributed by atoms with E-state index < -0.39 is 0 Å². The van der Waals surface area contributed by atoms with Crippen LogP contribution in [0.5, 0.6) is 0 Å². The molecule has 2 rings (SSSR count). The first-order valence-corrected chi connectivity index (χ1v) is 7.03. The summed E-state index contributed by atoms with van der Waals surface area (Å²) in [6.07, 6.45) is 0.967. The maximum atomic E-state index is 12.3. The van der Waals surface area contributed by atoms with E-state index in [-0.39, 0.29) is 24.7 Å². The van der Waals surface area contributed by atoms with Crippen LogP contribution in [0.15, 0.2) is 12.1 Å². The number of nitrogens with zero attached hydrogens (tertiary/aromatic N) is 1. The van der Waals surface area contributed by atoms with E-state index in [0.29, 0.717) is 11.5 Å². The first-order chi connectivity index (χ1) is 9.13. The summed E-state index contributed by atoms with van der Waals surface area (Å²) in [7, 11) is 1.82. The molecule has 1 aromatic heterocycles. The van der Waals surface area contributed by atoms with Gasteiger partial charge >= 0.3 is 0 Å². The zero-order valence-electron chi connectivity index (χ0n) is 11.0. The van der Waals surface area contributed by atoms with Crippen molar-refractivity contribution in [2.75, 3.05) is 20.3 Å². The lowest BCUT2D eigenvalue weighted by molar-refractivity contribution is 0.0578. The van der Waals surface area contributed by atoms with Crippen LogP contribution in [0.1, 0.15) is 27.9 Å². The average Bonchev–Trinajstić information content (AvgIpc) is 3.03. The number of carbonyl (C=O) groups excluding carboxylic acids is 1. The van der Waals surface area contributed by atoms with Gasteiger partial charge in [0.15, 0.2) is 0 Å². The van der Waals surface area contributed by atoms with Crippen LogP contribution in [0.4, 0.5) is 0 Å². The van der Waals surface area contributed by atoms with E-state index >= 15 is 0 Å². The molecule has 2 atom stereocenters. The molecule has 1 amide bonds. The van der Waals surface area contributed by atoms with E-state index in [1.54, 1.807) is 11.0 Å². The molecule has 2 unspecified atom stereocenters. The van der Waals surface area contributed by atoms with E-state index in [4.69, 9.17) is 9.84 Å². The number of hydrogen-bond donors (Lipinski definition) is 1. The fraction of sp³-hybridized carbons (Fsp3) is 0.500. The van der Waals surface area contributed by atoms with Crippen molar-refractivity contribution >= 4 is 17.2 Å². The van der Waals surface area contributed by atoms with Crippen molar-refractivity contribution < 1.29 is 14.6 Å². The number of likely N-dealkylation sites (N-methyl/N-ethyl adjacent to an activating group) is 1. The summed E-state index contributed by atoms with van der Waals surface area (Å²) < 4.78 is 5.49. The molecular weight excluding hydrogens is 262 g/mol. The number of aliphatic hydroxyl groups is 1. The molecule has 0 spiro atoms. The number of carbonyl (C=O) groups is 1. The second-order valence-electron chi connectivity index (χ2n) is 4.47. The Kier molecular flexibility index (Phi) is 4.59. The summed E-state index contributed by atoms with van der Waals surface area (Å²) in [5.41, 5.74) is 0. The van der Waals surface area contributed by atoms with Crippen molar-refractivity contribution in [3.63, 3.8) is 0 Å². The molecule has 1 aliphatic heterocycles. The molecule has 0 aliphatic carbocycles. The predicted molar refractivity (Wildman–Crippen MR) is 74.2 cm³/mol. The number of thiophene rings is 1. The second kappa shape index (κ2) is 6.20. The first-order valence-electron chi connectivity index (χ1n) is 6.22. The molecule has 102 valence electrons. The molecule has 1 aliphatic rings. The van der Waals surface area contributed by atoms with E-state index in [2.05, 4.69) is 11.8 Å². The van der Waals surface area contributed by atoms with E-state index in [1.807, 2.05) is 20.0 Å². The van der Waals surface area contributed by atoms with Gasteiger partial charge in [0.25, 0.3) is 5.91 Å². The minimum atomic E-state index is -0.169. The summed E-state index contributed by atoms with van der Waals surface area (Å²) in [4.78, 5) is 15.6. The normalized spacial score (nSPS) is 21.8.